The van der Waals surface area contributed by atoms with Crippen molar-refractivity contribution in [2.24, 2.45) is 0 Å². The van der Waals surface area contributed by atoms with Crippen LogP contribution in [0.25, 0.3) is 0 Å². The lowest BCUT2D eigenvalue weighted by Gasteiger charge is -2.15. The fraction of sp³-hybridized carbons (Fsp3) is 0.0870. The van der Waals surface area contributed by atoms with Gasteiger partial charge in [0.15, 0.2) is 4.91 Å². The highest BCUT2D eigenvalue weighted by atomic mass is 79.9. The molecule has 3 aromatic carbocycles. The van der Waals surface area contributed by atoms with Gasteiger partial charge in [-0.1, -0.05) is 58.4 Å². The van der Waals surface area contributed by atoms with Crippen molar-refractivity contribution in [3.05, 3.63) is 104 Å². The smallest absolute Gasteiger partial charge is 0.219 e. The summed E-state index contributed by atoms with van der Waals surface area (Å²) in [7, 11) is -3.97. The normalized spacial score (nSPS) is 12.0. The van der Waals surface area contributed by atoms with Crippen LogP contribution in [-0.2, 0) is 15.6 Å². The molecule has 3 rings (SSSR count). The highest BCUT2D eigenvalue weighted by molar-refractivity contribution is 9.10. The van der Waals surface area contributed by atoms with Crippen LogP contribution < -0.4 is 5.32 Å². The molecule has 0 aromatic heterocycles. The average molecular weight is 499 g/mol. The molecule has 0 aliphatic carbocycles. The van der Waals surface area contributed by atoms with E-state index in [-0.39, 0.29) is 9.80 Å². The van der Waals surface area contributed by atoms with E-state index >= 15 is 0 Å². The number of aryl methyl sites for hydroxylation is 1. The standard InChI is InChI=1S/C23H19BrN2O2S2/c1-17-7-5-6-8-18(17)16-29-23(26-20-13-11-19(24)12-14-20)22(15-25)30(27,28)21-9-3-2-4-10-21/h2-14,26H,16H2,1H3. The molecule has 7 heteroatoms. The number of halogens is 1. The monoisotopic (exact) mass is 498 g/mol. The molecule has 0 spiro atoms. The van der Waals surface area contributed by atoms with Crippen molar-refractivity contribution in [3.63, 3.8) is 0 Å². The SMILES string of the molecule is Cc1ccccc1CSC(Nc1ccc(Br)cc1)=C(C#N)S(=O)(=O)c1ccccc1. The third-order valence-electron chi connectivity index (χ3n) is 4.37. The van der Waals surface area contributed by atoms with Crippen molar-refractivity contribution in [1.29, 1.82) is 5.26 Å². The van der Waals surface area contributed by atoms with Crippen LogP contribution >= 0.6 is 27.7 Å². The first-order valence-electron chi connectivity index (χ1n) is 9.06. The molecule has 0 fully saturated rings. The molecule has 4 nitrogen and oxygen atoms in total. The summed E-state index contributed by atoms with van der Waals surface area (Å²) in [5.74, 6) is 0.529. The van der Waals surface area contributed by atoms with Crippen LogP contribution in [0.3, 0.4) is 0 Å². The summed E-state index contributed by atoms with van der Waals surface area (Å²) >= 11 is 4.69. The van der Waals surface area contributed by atoms with E-state index in [0.717, 1.165) is 15.6 Å². The number of allylic oxidation sites excluding steroid dienone is 1. The molecule has 0 radical (unpaired) electrons. The van der Waals surface area contributed by atoms with E-state index in [4.69, 9.17) is 0 Å². The van der Waals surface area contributed by atoms with Crippen LogP contribution in [0.5, 0.6) is 0 Å². The summed E-state index contributed by atoms with van der Waals surface area (Å²) in [6.07, 6.45) is 0. The van der Waals surface area contributed by atoms with Crippen molar-refractivity contribution in [3.8, 4) is 6.07 Å². The summed E-state index contributed by atoms with van der Waals surface area (Å²) in [5, 5.41) is 13.3. The number of anilines is 1. The highest BCUT2D eigenvalue weighted by Crippen LogP contribution is 2.32. The second-order valence-electron chi connectivity index (χ2n) is 6.43. The Balaban J connectivity index is 2.04. The van der Waals surface area contributed by atoms with Gasteiger partial charge in [-0.05, 0) is 54.4 Å². The summed E-state index contributed by atoms with van der Waals surface area (Å²) in [6, 6.07) is 25.2. The summed E-state index contributed by atoms with van der Waals surface area (Å²) in [5.41, 5.74) is 2.88. The van der Waals surface area contributed by atoms with Crippen LogP contribution in [-0.4, -0.2) is 8.42 Å². The number of benzene rings is 3. The maximum absolute atomic E-state index is 13.2. The molecule has 0 saturated carbocycles. The fourth-order valence-electron chi connectivity index (χ4n) is 2.70. The van der Waals surface area contributed by atoms with Gasteiger partial charge < -0.3 is 5.32 Å². The fourth-order valence-corrected chi connectivity index (χ4v) is 5.62. The molecule has 0 aliphatic heterocycles. The minimum Gasteiger partial charge on any atom is -0.349 e. The van der Waals surface area contributed by atoms with E-state index < -0.39 is 9.84 Å². The van der Waals surface area contributed by atoms with E-state index in [2.05, 4.69) is 21.2 Å². The maximum Gasteiger partial charge on any atom is 0.219 e. The molecule has 0 unspecified atom stereocenters. The number of hydrogen-bond donors (Lipinski definition) is 1. The van der Waals surface area contributed by atoms with Crippen molar-refractivity contribution in [2.45, 2.75) is 17.6 Å². The number of thioether (sulfide) groups is 1. The minimum atomic E-state index is -3.97. The first kappa shape index (κ1) is 22.2. The lowest BCUT2D eigenvalue weighted by atomic mass is 10.1. The first-order chi connectivity index (χ1) is 14.4. The highest BCUT2D eigenvalue weighted by Gasteiger charge is 2.25. The molecular weight excluding hydrogens is 480 g/mol. The molecule has 152 valence electrons. The zero-order valence-corrected chi connectivity index (χ0v) is 19.4. The van der Waals surface area contributed by atoms with E-state index in [1.54, 1.807) is 18.2 Å². The van der Waals surface area contributed by atoms with Gasteiger partial charge in [0.2, 0.25) is 9.84 Å². The van der Waals surface area contributed by atoms with Gasteiger partial charge in [0.25, 0.3) is 0 Å². The average Bonchev–Trinajstić information content (AvgIpc) is 2.75. The molecule has 0 amide bonds. The number of rotatable bonds is 7. The van der Waals surface area contributed by atoms with Crippen LogP contribution in [0.2, 0.25) is 0 Å². The zero-order valence-electron chi connectivity index (χ0n) is 16.2. The second-order valence-corrected chi connectivity index (χ2v) is 10.2. The predicted molar refractivity (Wildman–Crippen MR) is 127 cm³/mol. The van der Waals surface area contributed by atoms with Crippen molar-refractivity contribution in [1.82, 2.24) is 0 Å². The second kappa shape index (κ2) is 9.98. The Morgan fingerprint density at radius 3 is 2.27 bits per heavy atom. The van der Waals surface area contributed by atoms with Gasteiger partial charge in [0.05, 0.1) is 4.90 Å². The number of nitriles is 1. The van der Waals surface area contributed by atoms with Gasteiger partial charge in [0, 0.05) is 15.9 Å². The zero-order chi connectivity index (χ0) is 21.6. The van der Waals surface area contributed by atoms with Gasteiger partial charge in [-0.2, -0.15) is 5.26 Å². The third kappa shape index (κ3) is 5.33. The van der Waals surface area contributed by atoms with Crippen LogP contribution in [0, 0.1) is 18.3 Å². The van der Waals surface area contributed by atoms with Crippen molar-refractivity contribution in [2.75, 3.05) is 5.32 Å². The maximum atomic E-state index is 13.2. The Hall–Kier alpha value is -2.53. The van der Waals surface area contributed by atoms with Crippen LogP contribution in [0.15, 0.2) is 98.2 Å². The topological polar surface area (TPSA) is 70.0 Å². The number of nitrogens with one attached hydrogen (secondary N) is 1. The summed E-state index contributed by atoms with van der Waals surface area (Å²) in [4.78, 5) is -0.205. The Morgan fingerprint density at radius 1 is 1.00 bits per heavy atom. The third-order valence-corrected chi connectivity index (χ3v) is 7.80. The molecule has 0 aliphatic rings. The van der Waals surface area contributed by atoms with E-state index in [0.29, 0.717) is 16.5 Å². The Kier molecular flexibility index (Phi) is 7.38. The Morgan fingerprint density at radius 2 is 1.63 bits per heavy atom. The number of nitrogens with zero attached hydrogens (tertiary/aromatic N) is 1. The molecular formula is C23H19BrN2O2S2. The number of hydrogen-bond acceptors (Lipinski definition) is 5. The molecule has 1 N–H and O–H groups in total. The van der Waals surface area contributed by atoms with E-state index in [1.165, 1.54) is 23.9 Å². The van der Waals surface area contributed by atoms with E-state index in [9.17, 15) is 13.7 Å². The lowest BCUT2D eigenvalue weighted by molar-refractivity contribution is 0.603. The first-order valence-corrected chi connectivity index (χ1v) is 12.3. The molecule has 0 bridgehead atoms. The summed E-state index contributed by atoms with van der Waals surface area (Å²) in [6.45, 7) is 2.01. The minimum absolute atomic E-state index is 0.0909. The van der Waals surface area contributed by atoms with Crippen LogP contribution in [0.4, 0.5) is 5.69 Å². The molecule has 0 atom stereocenters. The predicted octanol–water partition coefficient (Wildman–Crippen LogP) is 6.27. The molecule has 30 heavy (non-hydrogen) atoms. The Labute approximate surface area is 189 Å². The number of sulfone groups is 1. The van der Waals surface area contributed by atoms with Crippen molar-refractivity contribution >= 4 is 43.2 Å². The van der Waals surface area contributed by atoms with Gasteiger partial charge in [0.1, 0.15) is 11.1 Å². The molecule has 3 aromatic rings. The summed E-state index contributed by atoms with van der Waals surface area (Å²) < 4.78 is 27.3. The van der Waals surface area contributed by atoms with E-state index in [1.807, 2.05) is 61.5 Å². The van der Waals surface area contributed by atoms with Gasteiger partial charge in [-0.25, -0.2) is 8.42 Å². The van der Waals surface area contributed by atoms with Gasteiger partial charge in [-0.15, -0.1) is 11.8 Å². The molecule has 0 heterocycles. The van der Waals surface area contributed by atoms with Crippen LogP contribution in [0.1, 0.15) is 11.1 Å². The lowest BCUT2D eigenvalue weighted by Crippen LogP contribution is -2.10. The van der Waals surface area contributed by atoms with Crippen molar-refractivity contribution < 1.29 is 8.42 Å². The van der Waals surface area contributed by atoms with Gasteiger partial charge in [-0.3, -0.25) is 0 Å². The van der Waals surface area contributed by atoms with Gasteiger partial charge >= 0.3 is 0 Å². The molecule has 0 saturated heterocycles. The largest absolute Gasteiger partial charge is 0.349 e. The quantitative estimate of drug-likeness (QED) is 0.388. The Bertz CT molecular complexity index is 1200.